The molecule has 1 atom stereocenters. The third-order valence-corrected chi connectivity index (χ3v) is 6.90. The van der Waals surface area contributed by atoms with Crippen LogP contribution in [0.1, 0.15) is 41.2 Å². The van der Waals surface area contributed by atoms with E-state index in [9.17, 15) is 0 Å². The second-order valence-corrected chi connectivity index (χ2v) is 8.95. The van der Waals surface area contributed by atoms with Gasteiger partial charge in [0.1, 0.15) is 16.1 Å². The predicted octanol–water partition coefficient (Wildman–Crippen LogP) is 5.50. The fraction of sp³-hybridized carbons (Fsp3) is 0.409. The van der Waals surface area contributed by atoms with Gasteiger partial charge in [-0.15, -0.1) is 46.7 Å². The maximum Gasteiger partial charge on any atom is 0.194 e. The fourth-order valence-corrected chi connectivity index (χ4v) is 4.73. The predicted molar refractivity (Wildman–Crippen MR) is 142 cm³/mol. The Morgan fingerprint density at radius 1 is 1.26 bits per heavy atom. The van der Waals surface area contributed by atoms with Crippen LogP contribution in [0.4, 0.5) is 0 Å². The number of methoxy groups -OCH3 is 1. The van der Waals surface area contributed by atoms with Gasteiger partial charge >= 0.3 is 0 Å². The summed E-state index contributed by atoms with van der Waals surface area (Å²) >= 11 is 3.34. The number of nitrogens with one attached hydrogen (secondary N) is 1. The van der Waals surface area contributed by atoms with Crippen LogP contribution in [0.15, 0.2) is 40.7 Å². The minimum atomic E-state index is 0. The van der Waals surface area contributed by atoms with Crippen molar-refractivity contribution in [1.82, 2.24) is 20.2 Å². The highest BCUT2D eigenvalue weighted by Crippen LogP contribution is 2.28. The van der Waals surface area contributed by atoms with Crippen molar-refractivity contribution in [3.63, 3.8) is 0 Å². The molecule has 9 heteroatoms. The van der Waals surface area contributed by atoms with Crippen molar-refractivity contribution in [2.45, 2.75) is 40.0 Å². The maximum absolute atomic E-state index is 5.37. The van der Waals surface area contributed by atoms with Crippen molar-refractivity contribution in [2.75, 3.05) is 20.7 Å². The topological polar surface area (TPSA) is 62.6 Å². The van der Waals surface area contributed by atoms with Crippen LogP contribution in [-0.2, 0) is 17.8 Å². The van der Waals surface area contributed by atoms with Gasteiger partial charge in [0.05, 0.1) is 24.5 Å². The quantitative estimate of drug-likeness (QED) is 0.220. The highest BCUT2D eigenvalue weighted by molar-refractivity contribution is 14.0. The molecule has 1 unspecified atom stereocenters. The van der Waals surface area contributed by atoms with Crippen molar-refractivity contribution in [3.8, 4) is 10.6 Å². The van der Waals surface area contributed by atoms with Crippen LogP contribution in [0.2, 0.25) is 0 Å². The smallest absolute Gasteiger partial charge is 0.194 e. The Hall–Kier alpha value is -1.56. The van der Waals surface area contributed by atoms with E-state index < -0.39 is 0 Å². The van der Waals surface area contributed by atoms with Crippen LogP contribution in [0.5, 0.6) is 0 Å². The first-order chi connectivity index (χ1) is 14.5. The van der Waals surface area contributed by atoms with Crippen LogP contribution in [0, 0.1) is 6.92 Å². The first-order valence-corrected chi connectivity index (χ1v) is 11.7. The van der Waals surface area contributed by atoms with E-state index >= 15 is 0 Å². The number of benzene rings is 1. The number of aliphatic imine (C=N–C) groups is 1. The Kier molecular flexibility index (Phi) is 10.3. The maximum atomic E-state index is 5.37. The third kappa shape index (κ3) is 6.96. The molecular formula is C22H30IN5OS2. The Balaban J connectivity index is 0.00000341. The first-order valence-electron chi connectivity index (χ1n) is 10.00. The molecule has 0 aliphatic carbocycles. The molecule has 0 saturated carbocycles. The first kappa shape index (κ1) is 25.7. The summed E-state index contributed by atoms with van der Waals surface area (Å²) < 4.78 is 5.37. The highest BCUT2D eigenvalue weighted by atomic mass is 127. The van der Waals surface area contributed by atoms with Crippen molar-refractivity contribution < 1.29 is 4.74 Å². The van der Waals surface area contributed by atoms with Crippen molar-refractivity contribution in [1.29, 1.82) is 0 Å². The molecule has 0 bridgehead atoms. The number of thiazole rings is 2. The van der Waals surface area contributed by atoms with E-state index in [1.165, 1.54) is 4.88 Å². The fourth-order valence-electron chi connectivity index (χ4n) is 2.90. The van der Waals surface area contributed by atoms with Gasteiger partial charge in [0.2, 0.25) is 0 Å². The molecule has 0 fully saturated rings. The van der Waals surface area contributed by atoms with E-state index in [2.05, 4.69) is 41.6 Å². The lowest BCUT2D eigenvalue weighted by Gasteiger charge is -2.21. The van der Waals surface area contributed by atoms with Gasteiger partial charge in [-0.25, -0.2) is 15.0 Å². The number of rotatable bonds is 8. The van der Waals surface area contributed by atoms with E-state index in [0.29, 0.717) is 13.1 Å². The average molecular weight is 572 g/mol. The molecule has 0 aliphatic rings. The lowest BCUT2D eigenvalue weighted by atomic mass is 10.2. The summed E-state index contributed by atoms with van der Waals surface area (Å²) in [6.45, 7) is 8.25. The van der Waals surface area contributed by atoms with Gasteiger partial charge in [0.15, 0.2) is 5.96 Å². The zero-order valence-corrected chi connectivity index (χ0v) is 22.5. The molecular weight excluding hydrogens is 541 g/mol. The van der Waals surface area contributed by atoms with E-state index in [-0.39, 0.29) is 30.1 Å². The molecule has 31 heavy (non-hydrogen) atoms. The molecule has 1 aromatic carbocycles. The van der Waals surface area contributed by atoms with Gasteiger partial charge in [-0.1, -0.05) is 30.3 Å². The lowest BCUT2D eigenvalue weighted by Crippen LogP contribution is -2.38. The number of ether oxygens (including phenoxy) is 1. The molecule has 2 heterocycles. The summed E-state index contributed by atoms with van der Waals surface area (Å²) in [7, 11) is 3.74. The molecule has 168 valence electrons. The zero-order valence-electron chi connectivity index (χ0n) is 18.6. The van der Waals surface area contributed by atoms with Gasteiger partial charge in [0, 0.05) is 36.5 Å². The SMILES string of the molecule is CCNC(=NCc1sc(-c2ccccc2)nc1C)N(C)Cc1csc(C(C)OC)n1.I. The zero-order chi connectivity index (χ0) is 21.5. The summed E-state index contributed by atoms with van der Waals surface area (Å²) in [6.07, 6.45) is 0.0177. The van der Waals surface area contributed by atoms with Crippen LogP contribution in [-0.4, -0.2) is 41.5 Å². The number of aromatic nitrogens is 2. The van der Waals surface area contributed by atoms with Crippen molar-refractivity contribution in [3.05, 3.63) is 57.0 Å². The summed E-state index contributed by atoms with van der Waals surface area (Å²) in [5, 5.41) is 7.51. The van der Waals surface area contributed by atoms with Crippen LogP contribution >= 0.6 is 46.7 Å². The number of hydrogen-bond donors (Lipinski definition) is 1. The van der Waals surface area contributed by atoms with Gasteiger partial charge in [-0.3, -0.25) is 0 Å². The summed E-state index contributed by atoms with van der Waals surface area (Å²) in [6, 6.07) is 10.3. The van der Waals surface area contributed by atoms with Crippen LogP contribution < -0.4 is 5.32 Å². The molecule has 3 aromatic rings. The minimum absolute atomic E-state index is 0. The van der Waals surface area contributed by atoms with Crippen molar-refractivity contribution in [2.24, 2.45) is 4.99 Å². The molecule has 2 aromatic heterocycles. The van der Waals surface area contributed by atoms with Gasteiger partial charge in [-0.05, 0) is 20.8 Å². The summed E-state index contributed by atoms with van der Waals surface area (Å²) in [5.74, 6) is 0.862. The van der Waals surface area contributed by atoms with Crippen LogP contribution in [0.25, 0.3) is 10.6 Å². The van der Waals surface area contributed by atoms with E-state index in [1.807, 2.05) is 32.2 Å². The Morgan fingerprint density at radius 2 is 2.00 bits per heavy atom. The molecule has 1 N–H and O–H groups in total. The highest BCUT2D eigenvalue weighted by Gasteiger charge is 2.14. The number of hydrogen-bond acceptors (Lipinski definition) is 6. The monoisotopic (exact) mass is 571 g/mol. The summed E-state index contributed by atoms with van der Waals surface area (Å²) in [5.41, 5.74) is 3.21. The molecule has 3 rings (SSSR count). The van der Waals surface area contributed by atoms with Gasteiger partial charge in [-0.2, -0.15) is 0 Å². The van der Waals surface area contributed by atoms with Gasteiger partial charge < -0.3 is 15.0 Å². The van der Waals surface area contributed by atoms with Crippen molar-refractivity contribution >= 4 is 52.6 Å². The second kappa shape index (κ2) is 12.5. The van der Waals surface area contributed by atoms with E-state index in [0.717, 1.165) is 39.5 Å². The molecule has 6 nitrogen and oxygen atoms in total. The van der Waals surface area contributed by atoms with E-state index in [4.69, 9.17) is 19.7 Å². The Morgan fingerprint density at radius 3 is 2.68 bits per heavy atom. The van der Waals surface area contributed by atoms with Crippen LogP contribution in [0.3, 0.4) is 0 Å². The number of aryl methyl sites for hydroxylation is 1. The molecule has 0 amide bonds. The normalized spacial score (nSPS) is 12.4. The standard InChI is InChI=1S/C22H29N5OS2.HI/c1-6-23-22(27(4)13-18-14-29-20(26-18)16(3)28-5)24-12-19-15(2)25-21(30-19)17-10-8-7-9-11-17;/h7-11,14,16H,6,12-13H2,1-5H3,(H,23,24);1H. The molecule has 0 spiro atoms. The lowest BCUT2D eigenvalue weighted by molar-refractivity contribution is 0.119. The summed E-state index contributed by atoms with van der Waals surface area (Å²) in [4.78, 5) is 17.6. The molecule has 0 aliphatic heterocycles. The largest absolute Gasteiger partial charge is 0.375 e. The minimum Gasteiger partial charge on any atom is -0.375 e. The van der Waals surface area contributed by atoms with Gasteiger partial charge in [0.25, 0.3) is 0 Å². The number of guanidine groups is 1. The average Bonchev–Trinajstić information content (AvgIpc) is 3.37. The third-order valence-electron chi connectivity index (χ3n) is 4.65. The Labute approximate surface area is 209 Å². The number of nitrogens with zero attached hydrogens (tertiary/aromatic N) is 4. The Bertz CT molecular complexity index is 973. The molecule has 0 radical (unpaired) electrons. The van der Waals surface area contributed by atoms with E-state index in [1.54, 1.807) is 29.8 Å². The second-order valence-electron chi connectivity index (χ2n) is 6.97. The number of halogens is 1. The molecule has 0 saturated heterocycles.